The topological polar surface area (TPSA) is 12.0 Å². The Labute approximate surface area is 72.3 Å². The van der Waals surface area contributed by atoms with Gasteiger partial charge in [-0.15, -0.1) is 0 Å². The average Bonchev–Trinajstić information content (AvgIpc) is 2.45. The van der Waals surface area contributed by atoms with E-state index in [1.807, 2.05) is 0 Å². The number of fused-ring (bicyclic) bond motifs is 1. The van der Waals surface area contributed by atoms with E-state index in [1.54, 1.807) is 0 Å². The van der Waals surface area contributed by atoms with Gasteiger partial charge in [0, 0.05) is 6.42 Å². The van der Waals surface area contributed by atoms with Crippen LogP contribution < -0.4 is 5.32 Å². The van der Waals surface area contributed by atoms with Crippen LogP contribution in [0.25, 0.3) is 0 Å². The molecule has 0 bridgehead atoms. The summed E-state index contributed by atoms with van der Waals surface area (Å²) in [6.45, 7) is 1.54. The van der Waals surface area contributed by atoms with Crippen molar-refractivity contribution >= 4 is 7.85 Å². The molecule has 1 saturated carbocycles. The molecule has 2 radical (unpaired) electrons. The minimum absolute atomic E-state index is 0.00579. The van der Waals surface area contributed by atoms with E-state index in [4.69, 9.17) is 7.85 Å². The van der Waals surface area contributed by atoms with Gasteiger partial charge in [-0.3, -0.25) is 0 Å². The number of alkyl halides is 2. The largest absolute Gasteiger partial charge is 0.316 e. The summed E-state index contributed by atoms with van der Waals surface area (Å²) in [6, 6.07) is 0. The Morgan fingerprint density at radius 2 is 2.08 bits per heavy atom. The molecular weight excluding hydrogens is 159 g/mol. The fourth-order valence-corrected chi connectivity index (χ4v) is 2.35. The molecule has 0 aromatic carbocycles. The zero-order valence-corrected chi connectivity index (χ0v) is 6.89. The zero-order valence-electron chi connectivity index (χ0n) is 6.89. The maximum absolute atomic E-state index is 13.1. The van der Waals surface area contributed by atoms with E-state index in [9.17, 15) is 8.78 Å². The quantitative estimate of drug-likeness (QED) is 0.540. The summed E-state index contributed by atoms with van der Waals surface area (Å²) in [5.41, 5.74) is 0. The summed E-state index contributed by atoms with van der Waals surface area (Å²) in [7, 11) is 5.51. The second-order valence-electron chi connectivity index (χ2n) is 3.91. The molecule has 2 aliphatic rings. The van der Waals surface area contributed by atoms with Crippen LogP contribution in [-0.2, 0) is 0 Å². The van der Waals surface area contributed by atoms with E-state index in [0.29, 0.717) is 18.9 Å². The van der Waals surface area contributed by atoms with Crippen molar-refractivity contribution in [2.75, 3.05) is 13.1 Å². The van der Waals surface area contributed by atoms with Gasteiger partial charge in [-0.25, -0.2) is 8.78 Å². The zero-order chi connectivity index (χ0) is 8.77. The van der Waals surface area contributed by atoms with E-state index in [1.165, 1.54) is 0 Å². The molecular formula is C8H12BF2N. The first-order chi connectivity index (χ1) is 5.61. The van der Waals surface area contributed by atoms with Gasteiger partial charge in [0.15, 0.2) is 0 Å². The number of halogens is 2. The summed E-state index contributed by atoms with van der Waals surface area (Å²) >= 11 is 0. The van der Waals surface area contributed by atoms with Crippen molar-refractivity contribution in [2.24, 2.45) is 11.8 Å². The van der Waals surface area contributed by atoms with Gasteiger partial charge in [0.1, 0.15) is 0 Å². The van der Waals surface area contributed by atoms with Crippen LogP contribution in [0.15, 0.2) is 0 Å². The molecule has 1 saturated heterocycles. The first kappa shape index (κ1) is 8.48. The van der Waals surface area contributed by atoms with Crippen LogP contribution in [0.2, 0.25) is 5.82 Å². The lowest BCUT2D eigenvalue weighted by Gasteiger charge is -2.37. The molecule has 1 heterocycles. The Morgan fingerprint density at radius 1 is 1.33 bits per heavy atom. The predicted octanol–water partition coefficient (Wildman–Crippen LogP) is 1.21. The molecule has 3 unspecified atom stereocenters. The summed E-state index contributed by atoms with van der Waals surface area (Å²) in [5.74, 6) is -3.17. The Kier molecular flexibility index (Phi) is 1.90. The van der Waals surface area contributed by atoms with Gasteiger partial charge in [-0.1, -0.05) is 0 Å². The molecule has 1 aliphatic heterocycles. The van der Waals surface area contributed by atoms with Gasteiger partial charge in [0.05, 0.1) is 7.85 Å². The minimum Gasteiger partial charge on any atom is -0.316 e. The van der Waals surface area contributed by atoms with Crippen LogP contribution in [0.3, 0.4) is 0 Å². The number of rotatable bonds is 0. The van der Waals surface area contributed by atoms with Crippen molar-refractivity contribution in [3.05, 3.63) is 0 Å². The fourth-order valence-electron chi connectivity index (χ4n) is 2.35. The first-order valence-electron chi connectivity index (χ1n) is 4.45. The lowest BCUT2D eigenvalue weighted by molar-refractivity contribution is -0.0586. The van der Waals surface area contributed by atoms with Crippen LogP contribution in [0.4, 0.5) is 8.78 Å². The summed E-state index contributed by atoms with van der Waals surface area (Å²) in [5, 5.41) is 3.12. The van der Waals surface area contributed by atoms with Gasteiger partial charge < -0.3 is 5.32 Å². The Morgan fingerprint density at radius 3 is 2.83 bits per heavy atom. The van der Waals surface area contributed by atoms with Crippen molar-refractivity contribution in [3.63, 3.8) is 0 Å². The predicted molar refractivity (Wildman–Crippen MR) is 43.5 cm³/mol. The maximum atomic E-state index is 13.1. The molecule has 1 nitrogen and oxygen atoms in total. The Hall–Kier alpha value is -0.115. The molecule has 1 N–H and O–H groups in total. The molecule has 2 fully saturated rings. The van der Waals surface area contributed by atoms with Gasteiger partial charge in [-0.05, 0) is 37.2 Å². The summed E-state index contributed by atoms with van der Waals surface area (Å²) < 4.78 is 26.2. The third-order valence-electron chi connectivity index (χ3n) is 3.19. The van der Waals surface area contributed by atoms with Crippen molar-refractivity contribution < 1.29 is 8.78 Å². The molecule has 4 heteroatoms. The molecule has 3 atom stereocenters. The lowest BCUT2D eigenvalue weighted by Crippen LogP contribution is -2.38. The van der Waals surface area contributed by atoms with E-state index in [2.05, 4.69) is 5.32 Å². The smallest absolute Gasteiger partial charge is 0.243 e. The minimum atomic E-state index is -2.63. The van der Waals surface area contributed by atoms with Crippen molar-refractivity contribution in [2.45, 2.75) is 24.6 Å². The van der Waals surface area contributed by atoms with Gasteiger partial charge in [-0.2, -0.15) is 0 Å². The first-order valence-corrected chi connectivity index (χ1v) is 4.45. The summed E-state index contributed by atoms with van der Waals surface area (Å²) in [6.07, 6.45) is 0.593. The number of nitrogens with one attached hydrogen (secondary N) is 1. The third-order valence-corrected chi connectivity index (χ3v) is 3.19. The van der Waals surface area contributed by atoms with Crippen molar-refractivity contribution in [3.8, 4) is 0 Å². The SMILES string of the molecule is [B]C1C2CNCC2CCC1(F)F. The summed E-state index contributed by atoms with van der Waals surface area (Å²) in [4.78, 5) is 0. The highest BCUT2D eigenvalue weighted by Gasteiger charge is 2.48. The van der Waals surface area contributed by atoms with Gasteiger partial charge in [0.25, 0.3) is 0 Å². The maximum Gasteiger partial charge on any atom is 0.243 e. The fraction of sp³-hybridized carbons (Fsp3) is 1.00. The second kappa shape index (κ2) is 2.69. The number of hydrogen-bond acceptors (Lipinski definition) is 1. The van der Waals surface area contributed by atoms with Gasteiger partial charge >= 0.3 is 0 Å². The van der Waals surface area contributed by atoms with E-state index < -0.39 is 11.7 Å². The van der Waals surface area contributed by atoms with Crippen LogP contribution in [0.5, 0.6) is 0 Å². The average molecular weight is 171 g/mol. The molecule has 0 spiro atoms. The van der Waals surface area contributed by atoms with Crippen LogP contribution in [-0.4, -0.2) is 26.9 Å². The van der Waals surface area contributed by atoms with E-state index in [-0.39, 0.29) is 12.3 Å². The highest BCUT2D eigenvalue weighted by molar-refractivity contribution is 6.12. The molecule has 0 aromatic rings. The molecule has 1 aliphatic carbocycles. The third kappa shape index (κ3) is 1.16. The molecule has 66 valence electrons. The normalized spacial score (nSPS) is 45.7. The monoisotopic (exact) mass is 171 g/mol. The molecule has 2 rings (SSSR count). The van der Waals surface area contributed by atoms with Gasteiger partial charge in [0.2, 0.25) is 5.92 Å². The standard InChI is InChI=1S/C8H12BF2N/c9-7-6-4-12-3-5(6)1-2-8(7,10)11/h5-7,12H,1-4H2. The van der Waals surface area contributed by atoms with E-state index in [0.717, 1.165) is 6.54 Å². The van der Waals surface area contributed by atoms with E-state index >= 15 is 0 Å². The molecule has 0 aromatic heterocycles. The molecule has 12 heavy (non-hydrogen) atoms. The number of hydrogen-bond donors (Lipinski definition) is 1. The highest BCUT2D eigenvalue weighted by atomic mass is 19.3. The van der Waals surface area contributed by atoms with Crippen LogP contribution in [0, 0.1) is 11.8 Å². The lowest BCUT2D eigenvalue weighted by atomic mass is 9.62. The Bertz CT molecular complexity index is 186. The van der Waals surface area contributed by atoms with Crippen LogP contribution >= 0.6 is 0 Å². The van der Waals surface area contributed by atoms with Crippen molar-refractivity contribution in [1.82, 2.24) is 5.32 Å². The Balaban J connectivity index is 2.13. The second-order valence-corrected chi connectivity index (χ2v) is 3.91. The molecule has 0 amide bonds. The van der Waals surface area contributed by atoms with Crippen molar-refractivity contribution in [1.29, 1.82) is 0 Å². The van der Waals surface area contributed by atoms with Crippen LogP contribution in [0.1, 0.15) is 12.8 Å². The highest BCUT2D eigenvalue weighted by Crippen LogP contribution is 2.48.